The zero-order valence-electron chi connectivity index (χ0n) is 19.0. The normalized spacial score (nSPS) is 16.8. The number of anilines is 2. The quantitative estimate of drug-likeness (QED) is 0.462. The Balaban J connectivity index is 1.32. The number of sulfonamides is 1. The zero-order valence-corrected chi connectivity index (χ0v) is 20.6. The predicted molar refractivity (Wildman–Crippen MR) is 131 cm³/mol. The van der Waals surface area contributed by atoms with Crippen LogP contribution < -0.4 is 14.4 Å². The Kier molecular flexibility index (Phi) is 5.92. The van der Waals surface area contributed by atoms with E-state index in [0.29, 0.717) is 10.4 Å². The van der Waals surface area contributed by atoms with Crippen LogP contribution in [-0.4, -0.2) is 44.7 Å². The molecule has 0 unspecified atom stereocenters. The molecule has 1 spiro atoms. The van der Waals surface area contributed by atoms with Crippen molar-refractivity contribution in [3.63, 3.8) is 0 Å². The summed E-state index contributed by atoms with van der Waals surface area (Å²) in [6.07, 6.45) is 5.20. The maximum atomic E-state index is 14.1. The van der Waals surface area contributed by atoms with Crippen molar-refractivity contribution in [1.82, 2.24) is 4.98 Å². The molecule has 1 aromatic heterocycles. The minimum Gasteiger partial charge on any atom is -0.495 e. The van der Waals surface area contributed by atoms with Crippen LogP contribution in [-0.2, 0) is 10.0 Å². The molecule has 8 nitrogen and oxygen atoms in total. The predicted octanol–water partition coefficient (Wildman–Crippen LogP) is 4.84. The van der Waals surface area contributed by atoms with E-state index in [9.17, 15) is 17.6 Å². The van der Waals surface area contributed by atoms with Crippen LogP contribution in [0.4, 0.5) is 15.8 Å². The number of hydrogen-bond acceptors (Lipinski definition) is 7. The van der Waals surface area contributed by atoms with Crippen molar-refractivity contribution in [1.29, 1.82) is 0 Å². The highest BCUT2D eigenvalue weighted by molar-refractivity contribution is 7.92. The minimum absolute atomic E-state index is 0.122. The molecule has 5 rings (SSSR count). The molecule has 3 aromatic rings. The molecule has 2 N–H and O–H groups in total. The number of carboxylic acid groups (broad SMARTS) is 1. The lowest BCUT2D eigenvalue weighted by Crippen LogP contribution is -2.34. The second kappa shape index (κ2) is 8.80. The molecule has 2 heterocycles. The molecule has 2 aromatic carbocycles. The van der Waals surface area contributed by atoms with Gasteiger partial charge in [0.15, 0.2) is 5.03 Å². The van der Waals surface area contributed by atoms with E-state index in [1.165, 1.54) is 49.5 Å². The number of nitrogens with zero attached hydrogens (tertiary/aromatic N) is 2. The number of ether oxygens (including phenoxy) is 1. The Hall–Kier alpha value is -3.18. The van der Waals surface area contributed by atoms with Crippen LogP contribution in [0.25, 0.3) is 10.6 Å². The van der Waals surface area contributed by atoms with Crippen molar-refractivity contribution in [3.8, 4) is 16.3 Å². The number of hydrogen-bond donors (Lipinski definition) is 2. The second-order valence-electron chi connectivity index (χ2n) is 8.97. The fourth-order valence-corrected chi connectivity index (χ4v) is 6.57. The number of thiazole rings is 1. The third-order valence-corrected chi connectivity index (χ3v) is 9.07. The number of carboxylic acids is 1. The number of benzene rings is 2. The molecular formula is C24H24FN3O5S2. The average Bonchev–Trinajstić information content (AvgIpc) is 3.38. The standard InChI is InChI=1S/C24H24FN3O5S2/c1-33-20-12-17(23(29)30)18(25)13-19(20)27-35(31,32)21-14-34-22(26-21)15-2-4-16(5-3-15)28-10-8-24(6-7-24)9-11-28/h2-5,12-14,27H,6-11H2,1H3,(H,29,30). The maximum Gasteiger partial charge on any atom is 0.338 e. The van der Waals surface area contributed by atoms with Gasteiger partial charge in [-0.3, -0.25) is 4.72 Å². The van der Waals surface area contributed by atoms with Gasteiger partial charge in [0.25, 0.3) is 10.0 Å². The van der Waals surface area contributed by atoms with E-state index >= 15 is 0 Å². The molecule has 0 bridgehead atoms. The molecule has 0 amide bonds. The second-order valence-corrected chi connectivity index (χ2v) is 11.5. The monoisotopic (exact) mass is 517 g/mol. The van der Waals surface area contributed by atoms with E-state index in [1.807, 2.05) is 24.3 Å². The van der Waals surface area contributed by atoms with Gasteiger partial charge in [0, 0.05) is 35.8 Å². The van der Waals surface area contributed by atoms with Crippen LogP contribution in [0, 0.1) is 11.2 Å². The largest absolute Gasteiger partial charge is 0.495 e. The van der Waals surface area contributed by atoms with Crippen molar-refractivity contribution in [2.45, 2.75) is 30.7 Å². The highest BCUT2D eigenvalue weighted by Crippen LogP contribution is 2.53. The van der Waals surface area contributed by atoms with Crippen molar-refractivity contribution < 1.29 is 27.4 Å². The summed E-state index contributed by atoms with van der Waals surface area (Å²) in [4.78, 5) is 17.8. The first kappa shape index (κ1) is 23.6. The lowest BCUT2D eigenvalue weighted by Gasteiger charge is -2.33. The molecule has 35 heavy (non-hydrogen) atoms. The number of carbonyl (C=O) groups is 1. The average molecular weight is 518 g/mol. The summed E-state index contributed by atoms with van der Waals surface area (Å²) < 4.78 is 47.2. The summed E-state index contributed by atoms with van der Waals surface area (Å²) in [5.41, 5.74) is 1.71. The first-order valence-electron chi connectivity index (χ1n) is 11.1. The molecule has 1 aliphatic carbocycles. The van der Waals surface area contributed by atoms with Crippen LogP contribution in [0.15, 0.2) is 46.8 Å². The van der Waals surface area contributed by atoms with Crippen molar-refractivity contribution in [3.05, 3.63) is 53.2 Å². The fourth-order valence-electron chi connectivity index (χ4n) is 4.41. The van der Waals surface area contributed by atoms with Crippen LogP contribution >= 0.6 is 11.3 Å². The van der Waals surface area contributed by atoms with Gasteiger partial charge in [0.1, 0.15) is 16.6 Å². The number of aromatic carboxylic acids is 1. The van der Waals surface area contributed by atoms with Crippen LogP contribution in [0.1, 0.15) is 36.0 Å². The van der Waals surface area contributed by atoms with Gasteiger partial charge in [-0.1, -0.05) is 0 Å². The van der Waals surface area contributed by atoms with Gasteiger partial charge in [-0.2, -0.15) is 8.42 Å². The molecule has 0 atom stereocenters. The first-order valence-corrected chi connectivity index (χ1v) is 13.5. The molecular weight excluding hydrogens is 493 g/mol. The first-order chi connectivity index (χ1) is 16.7. The van der Waals surface area contributed by atoms with Crippen LogP contribution in [0.5, 0.6) is 5.75 Å². The minimum atomic E-state index is -4.17. The Morgan fingerprint density at radius 2 is 1.86 bits per heavy atom. The molecule has 0 radical (unpaired) electrons. The molecule has 11 heteroatoms. The topological polar surface area (TPSA) is 109 Å². The highest BCUT2D eigenvalue weighted by Gasteiger charge is 2.44. The Morgan fingerprint density at radius 1 is 1.17 bits per heavy atom. The number of piperidine rings is 1. The zero-order chi connectivity index (χ0) is 24.8. The van der Waals surface area contributed by atoms with Gasteiger partial charge in [0.2, 0.25) is 0 Å². The Morgan fingerprint density at radius 3 is 2.46 bits per heavy atom. The number of halogens is 1. The molecule has 1 aliphatic heterocycles. The fraction of sp³-hybridized carbons (Fsp3) is 0.333. The molecule has 184 valence electrons. The molecule has 2 aliphatic rings. The lowest BCUT2D eigenvalue weighted by molar-refractivity contribution is 0.0691. The van der Waals surface area contributed by atoms with Gasteiger partial charge in [-0.15, -0.1) is 11.3 Å². The SMILES string of the molecule is COc1cc(C(=O)O)c(F)cc1NS(=O)(=O)c1csc(-c2ccc(N3CCC4(CC3)CC4)cc2)n1. The number of aromatic nitrogens is 1. The molecule has 1 saturated carbocycles. The van der Waals surface area contributed by atoms with Gasteiger partial charge in [-0.25, -0.2) is 14.2 Å². The van der Waals surface area contributed by atoms with Crippen molar-refractivity contribution >= 4 is 38.7 Å². The Labute approximate surface area is 206 Å². The van der Waals surface area contributed by atoms with Gasteiger partial charge in [-0.05, 0) is 61.4 Å². The van der Waals surface area contributed by atoms with Crippen molar-refractivity contribution in [2.75, 3.05) is 29.8 Å². The third kappa shape index (κ3) is 4.70. The van der Waals surface area contributed by atoms with Gasteiger partial charge in [0.05, 0.1) is 18.4 Å². The molecule has 2 fully saturated rings. The van der Waals surface area contributed by atoms with E-state index in [0.717, 1.165) is 36.5 Å². The van der Waals surface area contributed by atoms with E-state index in [1.54, 1.807) is 0 Å². The van der Waals surface area contributed by atoms with E-state index < -0.39 is 27.4 Å². The maximum absolute atomic E-state index is 14.1. The van der Waals surface area contributed by atoms with E-state index in [2.05, 4.69) is 14.6 Å². The number of nitrogens with one attached hydrogen (secondary N) is 1. The van der Waals surface area contributed by atoms with Crippen LogP contribution in [0.3, 0.4) is 0 Å². The lowest BCUT2D eigenvalue weighted by atomic mass is 9.93. The highest BCUT2D eigenvalue weighted by atomic mass is 32.2. The summed E-state index contributed by atoms with van der Waals surface area (Å²) in [7, 11) is -2.94. The Bertz CT molecular complexity index is 1370. The summed E-state index contributed by atoms with van der Waals surface area (Å²) in [6, 6.07) is 9.64. The summed E-state index contributed by atoms with van der Waals surface area (Å²) in [6.45, 7) is 2.12. The van der Waals surface area contributed by atoms with E-state index in [4.69, 9.17) is 9.84 Å². The van der Waals surface area contributed by atoms with Crippen LogP contribution in [0.2, 0.25) is 0 Å². The van der Waals surface area contributed by atoms with Gasteiger partial charge < -0.3 is 14.7 Å². The summed E-state index contributed by atoms with van der Waals surface area (Å²) in [5.74, 6) is -2.70. The smallest absolute Gasteiger partial charge is 0.338 e. The molecule has 1 saturated heterocycles. The van der Waals surface area contributed by atoms with Gasteiger partial charge >= 0.3 is 5.97 Å². The summed E-state index contributed by atoms with van der Waals surface area (Å²) in [5, 5.41) is 10.8. The van der Waals surface area contributed by atoms with E-state index in [-0.39, 0.29) is 16.5 Å². The number of rotatable bonds is 7. The summed E-state index contributed by atoms with van der Waals surface area (Å²) >= 11 is 1.18. The van der Waals surface area contributed by atoms with Crippen molar-refractivity contribution in [2.24, 2.45) is 5.41 Å². The third-order valence-electron chi connectivity index (χ3n) is 6.78. The number of methoxy groups -OCH3 is 1.